The molecule has 1 aromatic heterocycles. The molecule has 2 heterocycles. The topological polar surface area (TPSA) is 52.6 Å². The summed E-state index contributed by atoms with van der Waals surface area (Å²) < 4.78 is 0. The number of anilines is 1. The second-order valence-electron chi connectivity index (χ2n) is 7.61. The molecule has 0 spiro atoms. The first kappa shape index (κ1) is 22.0. The van der Waals surface area contributed by atoms with Crippen molar-refractivity contribution in [2.24, 2.45) is 10.4 Å². The summed E-state index contributed by atoms with van der Waals surface area (Å²) in [7, 11) is 0. The van der Waals surface area contributed by atoms with Crippen LogP contribution < -0.4 is 10.6 Å². The number of unbranched alkanes of at least 4 members (excludes halogenated alkanes) is 1. The van der Waals surface area contributed by atoms with Crippen LogP contribution in [0.4, 0.5) is 5.82 Å². The van der Waals surface area contributed by atoms with E-state index in [2.05, 4.69) is 55.1 Å². The quantitative estimate of drug-likeness (QED) is 0.280. The van der Waals surface area contributed by atoms with Crippen molar-refractivity contribution < 1.29 is 0 Å². The molecule has 1 saturated heterocycles. The number of aliphatic imine (C=N–C) groups is 1. The monoisotopic (exact) mass is 459 g/mol. The van der Waals surface area contributed by atoms with Crippen molar-refractivity contribution in [2.75, 3.05) is 31.5 Å². The van der Waals surface area contributed by atoms with E-state index in [0.29, 0.717) is 5.41 Å². The van der Waals surface area contributed by atoms with Gasteiger partial charge in [0.15, 0.2) is 5.96 Å². The summed E-state index contributed by atoms with van der Waals surface area (Å²) in [5.74, 6) is 2.00. The molecule has 0 aromatic carbocycles. The lowest BCUT2D eigenvalue weighted by Crippen LogP contribution is -2.72. The zero-order valence-corrected chi connectivity index (χ0v) is 18.6. The fraction of sp³-hybridized carbons (Fsp3) is 0.684. The van der Waals surface area contributed by atoms with Gasteiger partial charge in [0.25, 0.3) is 0 Å². The molecule has 2 N–H and O–H groups in total. The highest BCUT2D eigenvalue weighted by Gasteiger charge is 2.53. The van der Waals surface area contributed by atoms with Crippen molar-refractivity contribution in [3.8, 4) is 0 Å². The lowest BCUT2D eigenvalue weighted by atomic mass is 9.65. The smallest absolute Gasteiger partial charge is 0.194 e. The number of nitrogens with one attached hydrogen (secondary N) is 2. The first-order chi connectivity index (χ1) is 11.4. The van der Waals surface area contributed by atoms with Gasteiger partial charge in [-0.15, -0.1) is 24.0 Å². The van der Waals surface area contributed by atoms with Crippen LogP contribution in [0.3, 0.4) is 0 Å². The largest absolute Gasteiger partial charge is 0.370 e. The van der Waals surface area contributed by atoms with Gasteiger partial charge in [0.2, 0.25) is 0 Å². The van der Waals surface area contributed by atoms with Crippen molar-refractivity contribution in [1.29, 1.82) is 0 Å². The molecule has 142 valence electrons. The van der Waals surface area contributed by atoms with Crippen LogP contribution in [0.15, 0.2) is 29.4 Å². The van der Waals surface area contributed by atoms with Gasteiger partial charge >= 0.3 is 0 Å². The molecule has 1 aromatic rings. The predicted molar refractivity (Wildman–Crippen MR) is 118 cm³/mol. The molecule has 0 bridgehead atoms. The summed E-state index contributed by atoms with van der Waals surface area (Å²) in [5.41, 5.74) is 0.477. The van der Waals surface area contributed by atoms with Crippen molar-refractivity contribution in [3.63, 3.8) is 0 Å². The second-order valence-corrected chi connectivity index (χ2v) is 7.61. The highest BCUT2D eigenvalue weighted by molar-refractivity contribution is 14.0. The number of rotatable bonds is 7. The summed E-state index contributed by atoms with van der Waals surface area (Å²) in [6, 6.07) is 5.93. The fourth-order valence-electron chi connectivity index (χ4n) is 2.90. The summed E-state index contributed by atoms with van der Waals surface area (Å²) in [4.78, 5) is 11.5. The number of aromatic nitrogens is 1. The number of likely N-dealkylation sites (tertiary alicyclic amines) is 1. The van der Waals surface area contributed by atoms with Crippen molar-refractivity contribution in [3.05, 3.63) is 24.4 Å². The summed E-state index contributed by atoms with van der Waals surface area (Å²) >= 11 is 0. The van der Waals surface area contributed by atoms with Crippen molar-refractivity contribution in [2.45, 2.75) is 53.0 Å². The summed E-state index contributed by atoms with van der Waals surface area (Å²) in [5, 5.41) is 6.79. The average Bonchev–Trinajstić information content (AvgIpc) is 2.56. The zero-order chi connectivity index (χ0) is 17.6. The number of nitrogens with zero attached hydrogens (tertiary/aromatic N) is 3. The number of hydrogen-bond donors (Lipinski definition) is 2. The molecule has 0 unspecified atom stereocenters. The molecule has 0 aliphatic carbocycles. The molecule has 0 saturated carbocycles. The second kappa shape index (κ2) is 9.59. The van der Waals surface area contributed by atoms with Crippen LogP contribution in [0, 0.1) is 5.41 Å². The third-order valence-corrected chi connectivity index (χ3v) is 5.29. The maximum atomic E-state index is 4.83. The van der Waals surface area contributed by atoms with Crippen molar-refractivity contribution >= 4 is 35.8 Å². The van der Waals surface area contributed by atoms with E-state index >= 15 is 0 Å². The Bertz CT molecular complexity index is 542. The van der Waals surface area contributed by atoms with Gasteiger partial charge in [-0.2, -0.15) is 0 Å². The van der Waals surface area contributed by atoms with Crippen LogP contribution in [-0.2, 0) is 0 Å². The van der Waals surface area contributed by atoms with Gasteiger partial charge in [-0.1, -0.05) is 19.9 Å². The molecule has 1 aliphatic heterocycles. The molecule has 6 heteroatoms. The van der Waals surface area contributed by atoms with Crippen molar-refractivity contribution in [1.82, 2.24) is 15.2 Å². The molecule has 0 atom stereocenters. The van der Waals surface area contributed by atoms with Crippen LogP contribution >= 0.6 is 24.0 Å². The molecule has 0 radical (unpaired) electrons. The Morgan fingerprint density at radius 1 is 1.24 bits per heavy atom. The Morgan fingerprint density at radius 3 is 2.56 bits per heavy atom. The van der Waals surface area contributed by atoms with Gasteiger partial charge in [0, 0.05) is 43.3 Å². The van der Waals surface area contributed by atoms with Gasteiger partial charge < -0.3 is 15.5 Å². The number of halogens is 1. The summed E-state index contributed by atoms with van der Waals surface area (Å²) in [6.07, 6.45) is 3.98. The third-order valence-electron chi connectivity index (χ3n) is 5.29. The minimum absolute atomic E-state index is 0. The molecule has 0 amide bonds. The van der Waals surface area contributed by atoms with Crippen LogP contribution in [0.2, 0.25) is 0 Å². The van der Waals surface area contributed by atoms with E-state index in [1.54, 1.807) is 0 Å². The molecule has 1 fully saturated rings. The Balaban J connectivity index is 0.00000312. The lowest BCUT2D eigenvalue weighted by Gasteiger charge is -2.62. The van der Waals surface area contributed by atoms with E-state index in [1.807, 2.05) is 24.4 Å². The molecular formula is C19H34IN5. The standard InChI is InChI=1S/C19H33N5.HI/c1-6-20-17(24-15-18(2,3)19(24,4)5)23-14-10-9-13-22-16-11-7-8-12-21-16;/h7-8,11-12H,6,9-10,13-15H2,1-5H3,(H,20,23)(H,21,22);1H. The SMILES string of the molecule is CCNC(=NCCCCNc1ccccn1)N1CC(C)(C)C1(C)C.I. The molecule has 1 aliphatic rings. The van der Waals surface area contributed by atoms with Gasteiger partial charge in [0.05, 0.1) is 0 Å². The van der Waals surface area contributed by atoms with E-state index in [-0.39, 0.29) is 29.5 Å². The minimum atomic E-state index is 0. The normalized spacial score (nSPS) is 18.1. The predicted octanol–water partition coefficient (Wildman–Crippen LogP) is 3.98. The minimum Gasteiger partial charge on any atom is -0.370 e. The molecule has 25 heavy (non-hydrogen) atoms. The average molecular weight is 459 g/mol. The van der Waals surface area contributed by atoms with Crippen LogP contribution in [0.5, 0.6) is 0 Å². The maximum Gasteiger partial charge on any atom is 0.194 e. The van der Waals surface area contributed by atoms with Gasteiger partial charge in [0.1, 0.15) is 5.82 Å². The first-order valence-electron chi connectivity index (χ1n) is 9.09. The molecule has 5 nitrogen and oxygen atoms in total. The van der Waals surface area contributed by atoms with Gasteiger partial charge in [-0.3, -0.25) is 4.99 Å². The highest BCUT2D eigenvalue weighted by Crippen LogP contribution is 2.46. The van der Waals surface area contributed by atoms with E-state index in [0.717, 1.165) is 50.8 Å². The molecule has 2 rings (SSSR count). The fourth-order valence-corrected chi connectivity index (χ4v) is 2.90. The zero-order valence-electron chi connectivity index (χ0n) is 16.3. The number of guanidine groups is 1. The van der Waals surface area contributed by atoms with E-state index in [1.165, 1.54) is 0 Å². The Kier molecular flexibility index (Phi) is 8.44. The first-order valence-corrected chi connectivity index (χ1v) is 9.09. The Hall–Kier alpha value is -1.05. The summed E-state index contributed by atoms with van der Waals surface area (Å²) in [6.45, 7) is 15.2. The molecular weight excluding hydrogens is 425 g/mol. The highest BCUT2D eigenvalue weighted by atomic mass is 127. The lowest BCUT2D eigenvalue weighted by molar-refractivity contribution is -0.0667. The van der Waals surface area contributed by atoms with Crippen LogP contribution in [0.25, 0.3) is 0 Å². The van der Waals surface area contributed by atoms with Crippen LogP contribution in [-0.4, -0.2) is 47.6 Å². The number of hydrogen-bond acceptors (Lipinski definition) is 3. The Labute approximate surface area is 170 Å². The van der Waals surface area contributed by atoms with Gasteiger partial charge in [-0.25, -0.2) is 4.98 Å². The Morgan fingerprint density at radius 2 is 2.00 bits per heavy atom. The third kappa shape index (κ3) is 5.46. The number of pyridine rings is 1. The van der Waals surface area contributed by atoms with E-state index < -0.39 is 0 Å². The van der Waals surface area contributed by atoms with Crippen LogP contribution in [0.1, 0.15) is 47.5 Å². The van der Waals surface area contributed by atoms with Gasteiger partial charge in [-0.05, 0) is 45.7 Å². The van der Waals surface area contributed by atoms with E-state index in [4.69, 9.17) is 4.99 Å². The maximum absolute atomic E-state index is 4.83. The van der Waals surface area contributed by atoms with E-state index in [9.17, 15) is 0 Å².